The zero-order valence-corrected chi connectivity index (χ0v) is 15.9. The molecule has 0 radical (unpaired) electrons. The van der Waals surface area contributed by atoms with Gasteiger partial charge in [0, 0.05) is 17.7 Å². The van der Waals surface area contributed by atoms with Crippen LogP contribution in [0.25, 0.3) is 11.4 Å². The Morgan fingerprint density at radius 1 is 0.926 bits per heavy atom. The van der Waals surface area contributed by atoms with Gasteiger partial charge in [-0.1, -0.05) is 36.4 Å². The topological polar surface area (TPSA) is 74.5 Å². The van der Waals surface area contributed by atoms with E-state index in [-0.39, 0.29) is 0 Å². The lowest BCUT2D eigenvalue weighted by Crippen LogP contribution is -2.23. The Morgan fingerprint density at radius 2 is 1.67 bits per heavy atom. The lowest BCUT2D eigenvalue weighted by atomic mass is 10.1. The fourth-order valence-corrected chi connectivity index (χ4v) is 2.85. The minimum absolute atomic E-state index is 0.483. The first-order chi connectivity index (χ1) is 13.2. The molecule has 0 N–H and O–H groups in total. The molecule has 0 bridgehead atoms. The highest BCUT2D eigenvalue weighted by atomic mass is 16.5. The van der Waals surface area contributed by atoms with Crippen LogP contribution in [0.2, 0.25) is 0 Å². The Balaban J connectivity index is 1.73. The SMILES string of the molecule is COc1ccc(CN(C)Cn2nnc(-c3ccccc3)n2)c(OC)c1OC. The normalized spacial score (nSPS) is 10.9. The third-order valence-corrected chi connectivity index (χ3v) is 4.08. The predicted octanol–water partition coefficient (Wildman–Crippen LogP) is 2.46. The van der Waals surface area contributed by atoms with E-state index in [0.717, 1.165) is 11.1 Å². The fourth-order valence-electron chi connectivity index (χ4n) is 2.85. The van der Waals surface area contributed by atoms with Crippen molar-refractivity contribution >= 4 is 0 Å². The van der Waals surface area contributed by atoms with E-state index in [2.05, 4.69) is 20.3 Å². The standard InChI is InChI=1S/C19H23N5O3/c1-23(12-15-10-11-16(25-2)18(27-4)17(15)26-3)13-24-21-19(20-22-24)14-8-6-5-7-9-14/h5-11H,12-13H2,1-4H3. The van der Waals surface area contributed by atoms with Gasteiger partial charge < -0.3 is 14.2 Å². The monoisotopic (exact) mass is 369 g/mol. The van der Waals surface area contributed by atoms with E-state index < -0.39 is 0 Å². The van der Waals surface area contributed by atoms with E-state index in [1.165, 1.54) is 0 Å². The van der Waals surface area contributed by atoms with Crippen molar-refractivity contribution in [3.05, 3.63) is 48.0 Å². The van der Waals surface area contributed by atoms with E-state index in [1.807, 2.05) is 49.5 Å². The van der Waals surface area contributed by atoms with Gasteiger partial charge >= 0.3 is 0 Å². The Bertz CT molecular complexity index is 882. The van der Waals surface area contributed by atoms with Crippen LogP contribution in [0, 0.1) is 0 Å². The van der Waals surface area contributed by atoms with Crippen LogP contribution in [-0.2, 0) is 13.2 Å². The van der Waals surface area contributed by atoms with E-state index >= 15 is 0 Å². The first kappa shape index (κ1) is 18.7. The van der Waals surface area contributed by atoms with Gasteiger partial charge in [0.05, 0.1) is 21.3 Å². The molecule has 0 saturated heterocycles. The first-order valence-corrected chi connectivity index (χ1v) is 8.46. The van der Waals surface area contributed by atoms with Gasteiger partial charge in [0.2, 0.25) is 11.6 Å². The Kier molecular flexibility index (Phi) is 5.87. The lowest BCUT2D eigenvalue weighted by molar-refractivity contribution is 0.223. The van der Waals surface area contributed by atoms with Gasteiger partial charge in [0.15, 0.2) is 11.5 Å². The van der Waals surface area contributed by atoms with E-state index in [9.17, 15) is 0 Å². The Morgan fingerprint density at radius 3 is 2.33 bits per heavy atom. The number of tetrazole rings is 1. The summed E-state index contributed by atoms with van der Waals surface area (Å²) in [4.78, 5) is 3.62. The average Bonchev–Trinajstić information content (AvgIpc) is 3.16. The van der Waals surface area contributed by atoms with Crippen LogP contribution in [0.15, 0.2) is 42.5 Å². The van der Waals surface area contributed by atoms with Crippen molar-refractivity contribution in [1.82, 2.24) is 25.1 Å². The number of nitrogens with zero attached hydrogens (tertiary/aromatic N) is 5. The van der Waals surface area contributed by atoms with Crippen LogP contribution in [0.3, 0.4) is 0 Å². The van der Waals surface area contributed by atoms with Crippen LogP contribution in [-0.4, -0.2) is 53.5 Å². The van der Waals surface area contributed by atoms with Crippen LogP contribution < -0.4 is 14.2 Å². The summed E-state index contributed by atoms with van der Waals surface area (Å²) in [5.41, 5.74) is 1.91. The van der Waals surface area contributed by atoms with Crippen molar-refractivity contribution in [2.45, 2.75) is 13.2 Å². The summed E-state index contributed by atoms with van der Waals surface area (Å²) in [6.07, 6.45) is 0. The smallest absolute Gasteiger partial charge is 0.204 e. The van der Waals surface area contributed by atoms with Gasteiger partial charge in [-0.25, -0.2) is 0 Å². The maximum Gasteiger partial charge on any atom is 0.204 e. The zero-order valence-electron chi connectivity index (χ0n) is 15.9. The van der Waals surface area contributed by atoms with E-state index in [4.69, 9.17) is 14.2 Å². The molecule has 0 amide bonds. The predicted molar refractivity (Wildman–Crippen MR) is 101 cm³/mol. The van der Waals surface area contributed by atoms with Crippen LogP contribution in [0.1, 0.15) is 5.56 Å². The van der Waals surface area contributed by atoms with E-state index in [0.29, 0.717) is 36.3 Å². The molecule has 8 heteroatoms. The molecular formula is C19H23N5O3. The Labute approximate surface area is 158 Å². The molecule has 0 aliphatic carbocycles. The molecular weight excluding hydrogens is 346 g/mol. The molecule has 0 atom stereocenters. The average molecular weight is 369 g/mol. The second-order valence-corrected chi connectivity index (χ2v) is 6.00. The molecule has 0 aliphatic heterocycles. The number of hydrogen-bond acceptors (Lipinski definition) is 7. The van der Waals surface area contributed by atoms with Gasteiger partial charge in [0.25, 0.3) is 0 Å². The third kappa shape index (κ3) is 4.17. The van der Waals surface area contributed by atoms with Crippen LogP contribution >= 0.6 is 0 Å². The van der Waals surface area contributed by atoms with Crippen LogP contribution in [0.5, 0.6) is 17.2 Å². The molecule has 1 aromatic heterocycles. The number of rotatable bonds is 8. The second kappa shape index (κ2) is 8.50. The molecule has 2 aromatic carbocycles. The van der Waals surface area contributed by atoms with Gasteiger partial charge in [-0.3, -0.25) is 4.90 Å². The highest BCUT2D eigenvalue weighted by Gasteiger charge is 2.17. The summed E-state index contributed by atoms with van der Waals surface area (Å²) in [6.45, 7) is 1.10. The molecule has 8 nitrogen and oxygen atoms in total. The second-order valence-electron chi connectivity index (χ2n) is 6.00. The maximum absolute atomic E-state index is 5.54. The molecule has 27 heavy (non-hydrogen) atoms. The van der Waals surface area contributed by atoms with Gasteiger partial charge in [-0.05, 0) is 18.3 Å². The number of hydrogen-bond donors (Lipinski definition) is 0. The first-order valence-electron chi connectivity index (χ1n) is 8.46. The largest absolute Gasteiger partial charge is 0.493 e. The molecule has 0 spiro atoms. The zero-order chi connectivity index (χ0) is 19.2. The molecule has 0 fully saturated rings. The maximum atomic E-state index is 5.54. The molecule has 0 unspecified atom stereocenters. The molecule has 1 heterocycles. The van der Waals surface area contributed by atoms with Gasteiger partial charge in [-0.2, -0.15) is 0 Å². The minimum Gasteiger partial charge on any atom is -0.493 e. The quantitative estimate of drug-likeness (QED) is 0.604. The van der Waals surface area contributed by atoms with Crippen molar-refractivity contribution in [1.29, 1.82) is 0 Å². The summed E-state index contributed by atoms with van der Waals surface area (Å²) in [5.74, 6) is 2.47. The van der Waals surface area contributed by atoms with Crippen molar-refractivity contribution in [3.8, 4) is 28.6 Å². The summed E-state index contributed by atoms with van der Waals surface area (Å²) >= 11 is 0. The Hall–Kier alpha value is -3.13. The fraction of sp³-hybridized carbons (Fsp3) is 0.316. The van der Waals surface area contributed by atoms with Crippen LogP contribution in [0.4, 0.5) is 0 Å². The van der Waals surface area contributed by atoms with Gasteiger partial charge in [-0.15, -0.1) is 15.0 Å². The highest BCUT2D eigenvalue weighted by Crippen LogP contribution is 2.40. The van der Waals surface area contributed by atoms with Crippen molar-refractivity contribution in [2.75, 3.05) is 28.4 Å². The van der Waals surface area contributed by atoms with Crippen molar-refractivity contribution in [3.63, 3.8) is 0 Å². The summed E-state index contributed by atoms with van der Waals surface area (Å²) in [7, 11) is 6.79. The van der Waals surface area contributed by atoms with E-state index in [1.54, 1.807) is 26.1 Å². The highest BCUT2D eigenvalue weighted by molar-refractivity contribution is 5.55. The summed E-state index contributed by atoms with van der Waals surface area (Å²) in [5, 5.41) is 12.7. The molecule has 3 rings (SSSR count). The van der Waals surface area contributed by atoms with Gasteiger partial charge in [0.1, 0.15) is 6.67 Å². The minimum atomic E-state index is 0.483. The van der Waals surface area contributed by atoms with Crippen molar-refractivity contribution in [2.24, 2.45) is 0 Å². The number of benzene rings is 2. The molecule has 142 valence electrons. The molecule has 3 aromatic rings. The summed E-state index contributed by atoms with van der Waals surface area (Å²) < 4.78 is 16.3. The molecule has 0 saturated carbocycles. The summed E-state index contributed by atoms with van der Waals surface area (Å²) in [6, 6.07) is 13.6. The molecule has 0 aliphatic rings. The number of methoxy groups -OCH3 is 3. The number of aromatic nitrogens is 4. The third-order valence-electron chi connectivity index (χ3n) is 4.08. The van der Waals surface area contributed by atoms with Crippen molar-refractivity contribution < 1.29 is 14.2 Å². The number of ether oxygens (including phenoxy) is 3. The lowest BCUT2D eigenvalue weighted by Gasteiger charge is -2.20.